The van der Waals surface area contributed by atoms with Gasteiger partial charge < -0.3 is 29.3 Å². The van der Waals surface area contributed by atoms with Crippen molar-refractivity contribution in [1.82, 2.24) is 9.88 Å². The maximum atomic E-state index is 13.5. The van der Waals surface area contributed by atoms with Crippen LogP contribution in [0.1, 0.15) is 40.7 Å². The lowest BCUT2D eigenvalue weighted by molar-refractivity contribution is -0.132. The van der Waals surface area contributed by atoms with Crippen molar-refractivity contribution in [1.29, 1.82) is 0 Å². The minimum atomic E-state index is -0.725. The summed E-state index contributed by atoms with van der Waals surface area (Å²) in [6, 6.07) is 15.6. The molecule has 1 amide bonds. The number of H-pyrrole nitrogens is 1. The van der Waals surface area contributed by atoms with Gasteiger partial charge in [0.1, 0.15) is 18.1 Å². The largest absolute Gasteiger partial charge is 0.508 e. The molecular weight excluding hydrogens is 448 g/mol. The summed E-state index contributed by atoms with van der Waals surface area (Å²) in [5.74, 6) is -1.07. The molecule has 2 aromatic heterocycles. The molecular formula is C27H26N2O6. The van der Waals surface area contributed by atoms with Crippen molar-refractivity contribution in [2.75, 3.05) is 13.7 Å². The molecule has 35 heavy (non-hydrogen) atoms. The highest BCUT2D eigenvalue weighted by Gasteiger charge is 2.30. The Labute approximate surface area is 201 Å². The number of hydrogen-bond donors (Lipinski definition) is 3. The predicted molar refractivity (Wildman–Crippen MR) is 129 cm³/mol. The minimum absolute atomic E-state index is 0.00639. The topological polar surface area (TPSA) is 116 Å². The number of aromatic nitrogens is 1. The van der Waals surface area contributed by atoms with Crippen LogP contribution in [-0.2, 0) is 29.1 Å². The Morgan fingerprint density at radius 3 is 2.71 bits per heavy atom. The van der Waals surface area contributed by atoms with E-state index in [1.165, 1.54) is 36.3 Å². The molecule has 0 radical (unpaired) electrons. The maximum Gasteiger partial charge on any atom is 0.227 e. The van der Waals surface area contributed by atoms with E-state index < -0.39 is 17.1 Å². The zero-order valence-corrected chi connectivity index (χ0v) is 19.3. The lowest BCUT2D eigenvalue weighted by atomic mass is 9.91. The van der Waals surface area contributed by atoms with E-state index in [0.717, 1.165) is 17.6 Å². The van der Waals surface area contributed by atoms with Gasteiger partial charge in [-0.2, -0.15) is 0 Å². The average Bonchev–Trinajstić information content (AvgIpc) is 3.23. The van der Waals surface area contributed by atoms with Crippen molar-refractivity contribution in [3.8, 4) is 11.5 Å². The lowest BCUT2D eigenvalue weighted by Gasteiger charge is -2.29. The minimum Gasteiger partial charge on any atom is -0.508 e. The second-order valence-electron chi connectivity index (χ2n) is 8.76. The third-order valence-electron chi connectivity index (χ3n) is 6.51. The maximum absolute atomic E-state index is 13.5. The van der Waals surface area contributed by atoms with E-state index in [1.54, 1.807) is 17.0 Å². The number of carbonyl (C=O) groups excluding carboxylic acids is 1. The van der Waals surface area contributed by atoms with E-state index in [4.69, 9.17) is 9.15 Å². The summed E-state index contributed by atoms with van der Waals surface area (Å²) in [5, 5.41) is 21.5. The number of phenolic OH excluding ortho intramolecular Hbond substituents is 1. The molecule has 4 aromatic rings. The summed E-state index contributed by atoms with van der Waals surface area (Å²) in [5.41, 5.74) is 3.33. The molecule has 2 aromatic carbocycles. The molecule has 5 rings (SSSR count). The van der Waals surface area contributed by atoms with Gasteiger partial charge in [-0.3, -0.25) is 9.59 Å². The highest BCUT2D eigenvalue weighted by atomic mass is 16.5. The molecule has 8 heteroatoms. The number of hydrogen-bond acceptors (Lipinski definition) is 6. The quantitative estimate of drug-likeness (QED) is 0.392. The van der Waals surface area contributed by atoms with Crippen LogP contribution in [0.15, 0.2) is 63.8 Å². The Kier molecular flexibility index (Phi) is 6.05. The second kappa shape index (κ2) is 9.31. The summed E-state index contributed by atoms with van der Waals surface area (Å²) in [6.07, 6.45) is 0.714. The molecule has 0 fully saturated rings. The summed E-state index contributed by atoms with van der Waals surface area (Å²) < 4.78 is 10.9. The van der Waals surface area contributed by atoms with Crippen molar-refractivity contribution in [2.24, 2.45) is 0 Å². The number of nitrogens with zero attached hydrogens (tertiary/aromatic N) is 1. The highest BCUT2D eigenvalue weighted by molar-refractivity contribution is 5.86. The molecule has 0 saturated carbocycles. The Hall–Kier alpha value is -4.04. The van der Waals surface area contributed by atoms with Gasteiger partial charge in [-0.15, -0.1) is 0 Å². The number of amides is 1. The molecule has 0 saturated heterocycles. The first-order chi connectivity index (χ1) is 16.9. The normalized spacial score (nSPS) is 14.1. The third kappa shape index (κ3) is 4.40. The van der Waals surface area contributed by atoms with Crippen LogP contribution in [0.2, 0.25) is 0 Å². The van der Waals surface area contributed by atoms with Gasteiger partial charge in [-0.05, 0) is 35.7 Å². The summed E-state index contributed by atoms with van der Waals surface area (Å²) in [7, 11) is 1.47. The lowest BCUT2D eigenvalue weighted by Crippen LogP contribution is -2.36. The van der Waals surface area contributed by atoms with Gasteiger partial charge >= 0.3 is 0 Å². The van der Waals surface area contributed by atoms with Crippen LogP contribution in [0.5, 0.6) is 11.5 Å². The first-order valence-electron chi connectivity index (χ1n) is 11.4. The first kappa shape index (κ1) is 22.7. The Morgan fingerprint density at radius 2 is 1.94 bits per heavy atom. The number of rotatable bonds is 6. The summed E-state index contributed by atoms with van der Waals surface area (Å²) in [4.78, 5) is 31.1. The summed E-state index contributed by atoms with van der Waals surface area (Å²) >= 11 is 0. The van der Waals surface area contributed by atoms with E-state index >= 15 is 0 Å². The van der Waals surface area contributed by atoms with Crippen LogP contribution in [0.25, 0.3) is 10.9 Å². The predicted octanol–water partition coefficient (Wildman–Crippen LogP) is 3.79. The number of benzene rings is 2. The molecule has 1 aliphatic rings. The summed E-state index contributed by atoms with van der Waals surface area (Å²) in [6.45, 7) is 1.06. The molecule has 0 spiro atoms. The van der Waals surface area contributed by atoms with Gasteiger partial charge in [-0.1, -0.05) is 30.3 Å². The third-order valence-corrected chi connectivity index (χ3v) is 6.51. The number of methoxy groups -OCH3 is 1. The number of phenols is 1. The van der Waals surface area contributed by atoms with Crippen molar-refractivity contribution < 1.29 is 24.2 Å². The van der Waals surface area contributed by atoms with Crippen LogP contribution >= 0.6 is 0 Å². The van der Waals surface area contributed by atoms with E-state index in [0.29, 0.717) is 18.7 Å². The molecule has 3 heterocycles. The molecule has 1 aliphatic heterocycles. The zero-order chi connectivity index (χ0) is 24.5. The van der Waals surface area contributed by atoms with Crippen molar-refractivity contribution in [3.05, 3.63) is 93.2 Å². The van der Waals surface area contributed by atoms with E-state index in [2.05, 4.69) is 11.1 Å². The van der Waals surface area contributed by atoms with Gasteiger partial charge in [0.15, 0.2) is 5.76 Å². The number of nitrogens with one attached hydrogen (secondary N) is 1. The first-order valence-corrected chi connectivity index (χ1v) is 11.4. The van der Waals surface area contributed by atoms with E-state index in [9.17, 15) is 19.8 Å². The number of fused-ring (bicyclic) bond motifs is 3. The fraction of sp³-hybridized carbons (Fsp3) is 0.259. The Balaban J connectivity index is 1.47. The van der Waals surface area contributed by atoms with Crippen molar-refractivity contribution in [2.45, 2.75) is 31.9 Å². The van der Waals surface area contributed by atoms with Crippen LogP contribution < -0.4 is 5.43 Å². The van der Waals surface area contributed by atoms with E-state index in [1.807, 2.05) is 18.2 Å². The fourth-order valence-corrected chi connectivity index (χ4v) is 4.78. The van der Waals surface area contributed by atoms with Crippen LogP contribution in [0.4, 0.5) is 0 Å². The molecule has 3 N–H and O–H groups in total. The molecule has 0 aliphatic carbocycles. The number of aromatic hydroxyl groups is 2. The fourth-order valence-electron chi connectivity index (χ4n) is 4.78. The highest BCUT2D eigenvalue weighted by Crippen LogP contribution is 2.35. The SMILES string of the molecule is COCc1cc(=O)c(O)c(C(CC(=O)N2CCc3c([nH]c4ccccc34)C2)c2ccc(O)cc2)o1. The van der Waals surface area contributed by atoms with Gasteiger partial charge in [0.05, 0.1) is 12.5 Å². The average molecular weight is 475 g/mol. The number of aromatic amines is 1. The van der Waals surface area contributed by atoms with Gasteiger partial charge in [0.25, 0.3) is 0 Å². The van der Waals surface area contributed by atoms with Gasteiger partial charge in [-0.25, -0.2) is 0 Å². The monoisotopic (exact) mass is 474 g/mol. The van der Waals surface area contributed by atoms with Crippen LogP contribution in [0.3, 0.4) is 0 Å². The van der Waals surface area contributed by atoms with Crippen molar-refractivity contribution in [3.63, 3.8) is 0 Å². The molecule has 8 nitrogen and oxygen atoms in total. The van der Waals surface area contributed by atoms with Gasteiger partial charge in [0, 0.05) is 42.7 Å². The number of ether oxygens (including phenoxy) is 1. The Morgan fingerprint density at radius 1 is 1.17 bits per heavy atom. The van der Waals surface area contributed by atoms with Crippen molar-refractivity contribution >= 4 is 16.8 Å². The molecule has 1 unspecified atom stereocenters. The molecule has 180 valence electrons. The van der Waals surface area contributed by atoms with E-state index in [-0.39, 0.29) is 36.2 Å². The standard InChI is InChI=1S/C27H26N2O6/c1-34-15-18-12-24(31)26(33)27(35-18)21(16-6-8-17(30)9-7-16)13-25(32)29-11-10-20-19-4-2-3-5-22(19)28-23(20)14-29/h2-9,12,21,28,30,33H,10-11,13-15H2,1H3. The smallest absolute Gasteiger partial charge is 0.227 e. The van der Waals surface area contributed by atoms with Crippen LogP contribution in [0, 0.1) is 0 Å². The second-order valence-corrected chi connectivity index (χ2v) is 8.76. The van der Waals surface area contributed by atoms with Crippen LogP contribution in [-0.4, -0.2) is 39.7 Å². The number of para-hydroxylation sites is 1. The molecule has 0 bridgehead atoms. The van der Waals surface area contributed by atoms with Gasteiger partial charge in [0.2, 0.25) is 17.1 Å². The Bertz CT molecular complexity index is 1440. The number of carbonyl (C=O) groups is 1. The zero-order valence-electron chi connectivity index (χ0n) is 19.3. The molecule has 1 atom stereocenters.